The van der Waals surface area contributed by atoms with E-state index in [1.165, 1.54) is 18.5 Å². The topological polar surface area (TPSA) is 45.5 Å². The van der Waals surface area contributed by atoms with Gasteiger partial charge in [0, 0.05) is 18.8 Å². The van der Waals surface area contributed by atoms with E-state index in [-0.39, 0.29) is 0 Å². The lowest BCUT2D eigenvalue weighted by atomic mass is 10.0. The highest BCUT2D eigenvalue weighted by Crippen LogP contribution is 2.31. The average molecular weight is 334 g/mol. The molecule has 0 N–H and O–H groups in total. The number of nitriles is 1. The minimum absolute atomic E-state index is 0.592. The molecule has 1 heterocycles. The Hall–Kier alpha value is -2.93. The van der Waals surface area contributed by atoms with Gasteiger partial charge < -0.3 is 14.4 Å². The van der Waals surface area contributed by atoms with Gasteiger partial charge >= 0.3 is 0 Å². The van der Waals surface area contributed by atoms with Crippen molar-refractivity contribution in [2.45, 2.75) is 12.8 Å². The quantitative estimate of drug-likeness (QED) is 0.602. The lowest BCUT2D eigenvalue weighted by Gasteiger charge is -2.17. The van der Waals surface area contributed by atoms with Crippen LogP contribution in [-0.4, -0.2) is 27.3 Å². The van der Waals surface area contributed by atoms with Gasteiger partial charge in [-0.25, -0.2) is 0 Å². The summed E-state index contributed by atoms with van der Waals surface area (Å²) >= 11 is 0. The van der Waals surface area contributed by atoms with Crippen LogP contribution >= 0.6 is 0 Å². The predicted molar refractivity (Wildman–Crippen MR) is 101 cm³/mol. The average Bonchev–Trinajstić information content (AvgIpc) is 3.20. The minimum Gasteiger partial charge on any atom is -0.493 e. The molecule has 1 fully saturated rings. The van der Waals surface area contributed by atoms with Gasteiger partial charge in [0.2, 0.25) is 0 Å². The highest BCUT2D eigenvalue weighted by atomic mass is 16.5. The molecule has 0 atom stereocenters. The smallest absolute Gasteiger partial charge is 0.161 e. The van der Waals surface area contributed by atoms with Crippen molar-refractivity contribution in [2.24, 2.45) is 0 Å². The van der Waals surface area contributed by atoms with Gasteiger partial charge in [-0.3, -0.25) is 0 Å². The zero-order valence-corrected chi connectivity index (χ0v) is 14.7. The molecule has 4 nitrogen and oxygen atoms in total. The van der Waals surface area contributed by atoms with Crippen LogP contribution in [0.4, 0.5) is 5.69 Å². The Morgan fingerprint density at radius 3 is 2.28 bits per heavy atom. The van der Waals surface area contributed by atoms with E-state index in [1.54, 1.807) is 14.2 Å². The van der Waals surface area contributed by atoms with Crippen LogP contribution < -0.4 is 14.4 Å². The van der Waals surface area contributed by atoms with Crippen LogP contribution in [-0.2, 0) is 0 Å². The van der Waals surface area contributed by atoms with Gasteiger partial charge in [0.15, 0.2) is 11.5 Å². The third-order valence-corrected chi connectivity index (χ3v) is 4.49. The fourth-order valence-corrected chi connectivity index (χ4v) is 3.11. The number of benzene rings is 2. The summed E-state index contributed by atoms with van der Waals surface area (Å²) in [6, 6.07) is 16.2. The highest BCUT2D eigenvalue weighted by Gasteiger charge is 2.12. The third kappa shape index (κ3) is 3.77. The highest BCUT2D eigenvalue weighted by molar-refractivity contribution is 5.90. The maximum absolute atomic E-state index is 9.56. The van der Waals surface area contributed by atoms with Gasteiger partial charge in [-0.15, -0.1) is 0 Å². The SMILES string of the molecule is COc1ccc(/C(C#N)=C/c2ccc(N3CCCC3)cc2)cc1OC. The first kappa shape index (κ1) is 16.9. The van der Waals surface area contributed by atoms with E-state index in [1.807, 2.05) is 24.3 Å². The molecule has 1 saturated heterocycles. The molecule has 0 bridgehead atoms. The second-order valence-electron chi connectivity index (χ2n) is 6.03. The van der Waals surface area contributed by atoms with Crippen LogP contribution in [0.5, 0.6) is 11.5 Å². The molecule has 25 heavy (non-hydrogen) atoms. The van der Waals surface area contributed by atoms with Crippen LogP contribution in [0.25, 0.3) is 11.6 Å². The molecule has 1 aliphatic heterocycles. The Morgan fingerprint density at radius 1 is 1.00 bits per heavy atom. The van der Waals surface area contributed by atoms with Crippen molar-refractivity contribution in [3.63, 3.8) is 0 Å². The van der Waals surface area contributed by atoms with Crippen molar-refractivity contribution in [3.05, 3.63) is 53.6 Å². The third-order valence-electron chi connectivity index (χ3n) is 4.49. The van der Waals surface area contributed by atoms with Crippen LogP contribution in [0, 0.1) is 11.3 Å². The van der Waals surface area contributed by atoms with Gasteiger partial charge in [-0.2, -0.15) is 5.26 Å². The Balaban J connectivity index is 1.86. The number of rotatable bonds is 5. The summed E-state index contributed by atoms with van der Waals surface area (Å²) in [7, 11) is 3.19. The molecule has 0 radical (unpaired) electrons. The summed E-state index contributed by atoms with van der Waals surface area (Å²) in [6.45, 7) is 2.26. The summed E-state index contributed by atoms with van der Waals surface area (Å²) in [6.07, 6.45) is 4.42. The van der Waals surface area contributed by atoms with E-state index >= 15 is 0 Å². The molecular weight excluding hydrogens is 312 g/mol. The Kier molecular flexibility index (Phi) is 5.25. The monoisotopic (exact) mass is 334 g/mol. The van der Waals surface area contributed by atoms with Gasteiger partial charge in [0.1, 0.15) is 0 Å². The van der Waals surface area contributed by atoms with Crippen molar-refractivity contribution in [3.8, 4) is 17.6 Å². The number of ether oxygens (including phenoxy) is 2. The molecule has 0 amide bonds. The number of anilines is 1. The fourth-order valence-electron chi connectivity index (χ4n) is 3.11. The summed E-state index contributed by atoms with van der Waals surface area (Å²) < 4.78 is 10.6. The Labute approximate surface area is 148 Å². The molecule has 0 unspecified atom stereocenters. The molecule has 0 saturated carbocycles. The van der Waals surface area contributed by atoms with Crippen molar-refractivity contribution < 1.29 is 9.47 Å². The number of hydrogen-bond donors (Lipinski definition) is 0. The maximum Gasteiger partial charge on any atom is 0.161 e. The van der Waals surface area contributed by atoms with E-state index in [0.717, 1.165) is 24.2 Å². The maximum atomic E-state index is 9.56. The van der Waals surface area contributed by atoms with Gasteiger partial charge in [-0.05, 0) is 60.4 Å². The van der Waals surface area contributed by atoms with Crippen molar-refractivity contribution >= 4 is 17.3 Å². The first-order chi connectivity index (χ1) is 12.2. The molecule has 2 aromatic rings. The number of nitrogens with zero attached hydrogens (tertiary/aromatic N) is 2. The summed E-state index contributed by atoms with van der Waals surface area (Å²) in [4.78, 5) is 2.40. The van der Waals surface area contributed by atoms with E-state index < -0.39 is 0 Å². The number of hydrogen-bond acceptors (Lipinski definition) is 4. The molecule has 1 aliphatic rings. The van der Waals surface area contributed by atoms with Crippen LogP contribution in [0.15, 0.2) is 42.5 Å². The lowest BCUT2D eigenvalue weighted by molar-refractivity contribution is 0.355. The number of methoxy groups -OCH3 is 2. The Bertz CT molecular complexity index is 798. The van der Waals surface area contributed by atoms with Crippen molar-refractivity contribution in [1.82, 2.24) is 0 Å². The van der Waals surface area contributed by atoms with Gasteiger partial charge in [-0.1, -0.05) is 12.1 Å². The first-order valence-corrected chi connectivity index (χ1v) is 8.44. The van der Waals surface area contributed by atoms with E-state index in [4.69, 9.17) is 9.47 Å². The molecule has 128 valence electrons. The van der Waals surface area contributed by atoms with E-state index in [2.05, 4.69) is 35.2 Å². The lowest BCUT2D eigenvalue weighted by Crippen LogP contribution is -2.17. The summed E-state index contributed by atoms with van der Waals surface area (Å²) in [5.41, 5.74) is 3.66. The van der Waals surface area contributed by atoms with Crippen molar-refractivity contribution in [1.29, 1.82) is 5.26 Å². The second-order valence-corrected chi connectivity index (χ2v) is 6.03. The molecule has 2 aromatic carbocycles. The van der Waals surface area contributed by atoms with Crippen LogP contribution in [0.2, 0.25) is 0 Å². The molecule has 0 aliphatic carbocycles. The van der Waals surface area contributed by atoms with Crippen molar-refractivity contribution in [2.75, 3.05) is 32.2 Å². The normalized spacial score (nSPS) is 14.3. The van der Waals surface area contributed by atoms with Gasteiger partial charge in [0.25, 0.3) is 0 Å². The predicted octanol–water partition coefficient (Wildman–Crippen LogP) is 4.37. The second kappa shape index (κ2) is 7.76. The standard InChI is InChI=1S/C21H22N2O2/c1-24-20-10-7-17(14-21(20)25-2)18(15-22)13-16-5-8-19(9-6-16)23-11-3-4-12-23/h5-10,13-14H,3-4,11-12H2,1-2H3/b18-13+. The first-order valence-electron chi connectivity index (χ1n) is 8.44. The number of allylic oxidation sites excluding steroid dienone is 1. The zero-order chi connectivity index (χ0) is 17.6. The fraction of sp³-hybridized carbons (Fsp3) is 0.286. The van der Waals surface area contributed by atoms with Crippen LogP contribution in [0.3, 0.4) is 0 Å². The molecular formula is C21H22N2O2. The summed E-state index contributed by atoms with van der Waals surface area (Å²) in [5.74, 6) is 1.27. The minimum atomic E-state index is 0.592. The van der Waals surface area contributed by atoms with Gasteiger partial charge in [0.05, 0.1) is 25.9 Å². The van der Waals surface area contributed by atoms with Crippen LogP contribution in [0.1, 0.15) is 24.0 Å². The zero-order valence-electron chi connectivity index (χ0n) is 14.7. The molecule has 0 aromatic heterocycles. The molecule has 3 rings (SSSR count). The Morgan fingerprint density at radius 2 is 1.68 bits per heavy atom. The molecule has 0 spiro atoms. The molecule has 4 heteroatoms. The van der Waals surface area contributed by atoms with E-state index in [9.17, 15) is 5.26 Å². The largest absolute Gasteiger partial charge is 0.493 e. The van der Waals surface area contributed by atoms with E-state index in [0.29, 0.717) is 17.1 Å². The summed E-state index contributed by atoms with van der Waals surface area (Å²) in [5, 5.41) is 9.56.